The van der Waals surface area contributed by atoms with Crippen LogP contribution in [0, 0.1) is 5.92 Å². The molecule has 1 aromatic carbocycles. The van der Waals surface area contributed by atoms with Crippen molar-refractivity contribution in [1.29, 1.82) is 0 Å². The van der Waals surface area contributed by atoms with Crippen LogP contribution in [-0.2, 0) is 6.42 Å². The van der Waals surface area contributed by atoms with E-state index in [0.29, 0.717) is 6.04 Å². The summed E-state index contributed by atoms with van der Waals surface area (Å²) in [7, 11) is 3.99. The Morgan fingerprint density at radius 2 is 2.18 bits per heavy atom. The molecule has 1 saturated heterocycles. The monoisotopic (exact) mass is 232 g/mol. The summed E-state index contributed by atoms with van der Waals surface area (Å²) in [6.45, 7) is 3.46. The summed E-state index contributed by atoms with van der Waals surface area (Å²) in [5.74, 6) is 1.76. The van der Waals surface area contributed by atoms with Crippen LogP contribution in [0.25, 0.3) is 0 Å². The Balaban J connectivity index is 1.96. The summed E-state index contributed by atoms with van der Waals surface area (Å²) >= 11 is 0. The summed E-state index contributed by atoms with van der Waals surface area (Å²) in [4.78, 5) is 2.50. The van der Waals surface area contributed by atoms with Crippen LogP contribution in [0.3, 0.4) is 0 Å². The lowest BCUT2D eigenvalue weighted by molar-refractivity contribution is 0.126. The molecule has 0 amide bonds. The third-order valence-electron chi connectivity index (χ3n) is 4.14. The molecule has 92 valence electrons. The van der Waals surface area contributed by atoms with Gasteiger partial charge in [-0.3, -0.25) is 4.90 Å². The highest BCUT2D eigenvalue weighted by atomic mass is 16.5. The number of hydrogen-bond donors (Lipinski definition) is 1. The first-order chi connectivity index (χ1) is 8.29. The number of benzene rings is 1. The summed E-state index contributed by atoms with van der Waals surface area (Å²) in [5, 5.41) is 3.38. The van der Waals surface area contributed by atoms with E-state index in [1.807, 2.05) is 0 Å². The van der Waals surface area contributed by atoms with E-state index in [2.05, 4.69) is 35.5 Å². The van der Waals surface area contributed by atoms with Gasteiger partial charge in [-0.2, -0.15) is 0 Å². The van der Waals surface area contributed by atoms with Crippen LogP contribution in [0.1, 0.15) is 17.2 Å². The maximum absolute atomic E-state index is 5.32. The van der Waals surface area contributed by atoms with E-state index >= 15 is 0 Å². The van der Waals surface area contributed by atoms with Crippen molar-refractivity contribution in [3.63, 3.8) is 0 Å². The van der Waals surface area contributed by atoms with Crippen molar-refractivity contribution in [3.8, 4) is 5.75 Å². The van der Waals surface area contributed by atoms with Crippen LogP contribution in [-0.4, -0.2) is 38.7 Å². The van der Waals surface area contributed by atoms with Crippen LogP contribution in [0.2, 0.25) is 0 Å². The van der Waals surface area contributed by atoms with E-state index in [9.17, 15) is 0 Å². The van der Waals surface area contributed by atoms with E-state index < -0.39 is 0 Å². The Kier molecular flexibility index (Phi) is 2.81. The average Bonchev–Trinajstić information content (AvgIpc) is 2.30. The van der Waals surface area contributed by atoms with Crippen molar-refractivity contribution in [1.82, 2.24) is 10.2 Å². The maximum Gasteiger partial charge on any atom is 0.119 e. The molecule has 0 aliphatic carbocycles. The highest BCUT2D eigenvalue weighted by Crippen LogP contribution is 2.37. The lowest BCUT2D eigenvalue weighted by Crippen LogP contribution is -2.51. The predicted molar refractivity (Wildman–Crippen MR) is 68.4 cm³/mol. The SMILES string of the molecule is COc1ccc2c(c1)CCN(C)C2C1CNC1. The zero-order valence-electron chi connectivity index (χ0n) is 10.6. The number of rotatable bonds is 2. The van der Waals surface area contributed by atoms with Crippen molar-refractivity contribution >= 4 is 0 Å². The van der Waals surface area contributed by atoms with E-state index in [1.54, 1.807) is 7.11 Å². The molecule has 1 fully saturated rings. The fourth-order valence-corrected chi connectivity index (χ4v) is 3.04. The van der Waals surface area contributed by atoms with Gasteiger partial charge in [-0.05, 0) is 36.7 Å². The van der Waals surface area contributed by atoms with Gasteiger partial charge in [-0.1, -0.05) is 6.07 Å². The van der Waals surface area contributed by atoms with Gasteiger partial charge < -0.3 is 10.1 Å². The first kappa shape index (κ1) is 11.1. The van der Waals surface area contributed by atoms with Crippen molar-refractivity contribution in [2.45, 2.75) is 12.5 Å². The molecule has 0 spiro atoms. The third kappa shape index (κ3) is 1.83. The minimum Gasteiger partial charge on any atom is -0.497 e. The molecule has 3 rings (SSSR count). The van der Waals surface area contributed by atoms with Crippen molar-refractivity contribution < 1.29 is 4.74 Å². The number of nitrogens with zero attached hydrogens (tertiary/aromatic N) is 1. The first-order valence-electron chi connectivity index (χ1n) is 6.37. The average molecular weight is 232 g/mol. The molecule has 0 saturated carbocycles. The van der Waals surface area contributed by atoms with Gasteiger partial charge >= 0.3 is 0 Å². The molecule has 2 aliphatic heterocycles. The third-order valence-corrected chi connectivity index (χ3v) is 4.14. The highest BCUT2D eigenvalue weighted by Gasteiger charge is 2.34. The highest BCUT2D eigenvalue weighted by molar-refractivity contribution is 5.39. The molecule has 2 aliphatic rings. The molecule has 0 radical (unpaired) electrons. The molecule has 1 N–H and O–H groups in total. The fourth-order valence-electron chi connectivity index (χ4n) is 3.04. The van der Waals surface area contributed by atoms with Gasteiger partial charge in [0.15, 0.2) is 0 Å². The second kappa shape index (κ2) is 4.31. The van der Waals surface area contributed by atoms with Gasteiger partial charge in [0, 0.05) is 31.6 Å². The summed E-state index contributed by atoms with van der Waals surface area (Å²) in [6, 6.07) is 7.15. The lowest BCUT2D eigenvalue weighted by Gasteiger charge is -2.43. The number of nitrogens with one attached hydrogen (secondary N) is 1. The molecular weight excluding hydrogens is 212 g/mol. The maximum atomic E-state index is 5.32. The fraction of sp³-hybridized carbons (Fsp3) is 0.571. The molecule has 3 nitrogen and oxygen atoms in total. The van der Waals surface area contributed by atoms with Gasteiger partial charge in [0.2, 0.25) is 0 Å². The Morgan fingerprint density at radius 1 is 1.35 bits per heavy atom. The van der Waals surface area contributed by atoms with Gasteiger partial charge in [0.05, 0.1) is 7.11 Å². The van der Waals surface area contributed by atoms with Crippen LogP contribution in [0.4, 0.5) is 0 Å². The topological polar surface area (TPSA) is 24.5 Å². The van der Waals surface area contributed by atoms with Crippen molar-refractivity contribution in [2.75, 3.05) is 33.8 Å². The minimum absolute atomic E-state index is 0.589. The largest absolute Gasteiger partial charge is 0.497 e. The zero-order valence-corrected chi connectivity index (χ0v) is 10.6. The molecule has 1 aromatic rings. The van der Waals surface area contributed by atoms with Gasteiger partial charge in [-0.15, -0.1) is 0 Å². The van der Waals surface area contributed by atoms with Crippen LogP contribution in [0.5, 0.6) is 5.75 Å². The molecule has 0 aromatic heterocycles. The standard InChI is InChI=1S/C14H20N2O/c1-16-6-5-10-7-12(17-2)3-4-13(10)14(16)11-8-15-9-11/h3-4,7,11,14-15H,5-6,8-9H2,1-2H3. The second-order valence-corrected chi connectivity index (χ2v) is 5.16. The van der Waals surface area contributed by atoms with E-state index in [0.717, 1.165) is 37.7 Å². The van der Waals surface area contributed by atoms with Crippen LogP contribution < -0.4 is 10.1 Å². The van der Waals surface area contributed by atoms with E-state index in [-0.39, 0.29) is 0 Å². The Hall–Kier alpha value is -1.06. The normalized spacial score (nSPS) is 25.2. The number of methoxy groups -OCH3 is 1. The van der Waals surface area contributed by atoms with Crippen LogP contribution >= 0.6 is 0 Å². The molecule has 1 unspecified atom stereocenters. The Morgan fingerprint density at radius 3 is 2.82 bits per heavy atom. The van der Waals surface area contributed by atoms with E-state index in [1.165, 1.54) is 11.1 Å². The van der Waals surface area contributed by atoms with Crippen LogP contribution in [0.15, 0.2) is 18.2 Å². The first-order valence-corrected chi connectivity index (χ1v) is 6.37. The van der Waals surface area contributed by atoms with Gasteiger partial charge in [0.25, 0.3) is 0 Å². The Labute approximate surface area is 103 Å². The minimum atomic E-state index is 0.589. The summed E-state index contributed by atoms with van der Waals surface area (Å²) < 4.78 is 5.32. The predicted octanol–water partition coefficient (Wildman–Crippen LogP) is 1.44. The molecule has 3 heteroatoms. The second-order valence-electron chi connectivity index (χ2n) is 5.16. The lowest BCUT2D eigenvalue weighted by atomic mass is 9.82. The smallest absolute Gasteiger partial charge is 0.119 e. The number of likely N-dealkylation sites (N-methyl/N-ethyl adjacent to an activating group) is 1. The molecule has 2 heterocycles. The zero-order chi connectivity index (χ0) is 11.8. The molecule has 1 atom stereocenters. The van der Waals surface area contributed by atoms with Crippen molar-refractivity contribution in [2.24, 2.45) is 5.92 Å². The Bertz CT molecular complexity index is 415. The molecule has 0 bridgehead atoms. The number of ether oxygens (including phenoxy) is 1. The van der Waals surface area contributed by atoms with E-state index in [4.69, 9.17) is 4.74 Å². The molecular formula is C14H20N2O. The van der Waals surface area contributed by atoms with Crippen molar-refractivity contribution in [3.05, 3.63) is 29.3 Å². The summed E-state index contributed by atoms with van der Waals surface area (Å²) in [6.07, 6.45) is 1.14. The molecule has 17 heavy (non-hydrogen) atoms. The van der Waals surface area contributed by atoms with Gasteiger partial charge in [0.1, 0.15) is 5.75 Å². The van der Waals surface area contributed by atoms with Gasteiger partial charge in [-0.25, -0.2) is 0 Å². The number of hydrogen-bond acceptors (Lipinski definition) is 3. The summed E-state index contributed by atoms with van der Waals surface area (Å²) in [5.41, 5.74) is 2.98. The number of fused-ring (bicyclic) bond motifs is 1. The quantitative estimate of drug-likeness (QED) is 0.835.